The summed E-state index contributed by atoms with van der Waals surface area (Å²) in [6.45, 7) is 1.52. The van der Waals surface area contributed by atoms with E-state index in [0.29, 0.717) is 27.6 Å². The lowest BCUT2D eigenvalue weighted by atomic mass is 10.00. The number of fused-ring (bicyclic) bond motifs is 1. The Morgan fingerprint density at radius 1 is 0.909 bits per heavy atom. The number of nitrogens with zero attached hydrogens (tertiary/aromatic N) is 1. The van der Waals surface area contributed by atoms with E-state index in [0.717, 1.165) is 0 Å². The van der Waals surface area contributed by atoms with Crippen molar-refractivity contribution in [1.82, 2.24) is 0 Å². The molecule has 0 bridgehead atoms. The summed E-state index contributed by atoms with van der Waals surface area (Å²) in [5, 5.41) is 12.3. The number of rotatable bonds is 5. The lowest BCUT2D eigenvalue weighted by Gasteiger charge is -2.19. The molecule has 3 aromatic rings. The average molecular weight is 490 g/mol. The third-order valence-corrected chi connectivity index (χ3v) is 7.20. The first-order valence-corrected chi connectivity index (χ1v) is 12.4. The summed E-state index contributed by atoms with van der Waals surface area (Å²) in [4.78, 5) is 3.87. The van der Waals surface area contributed by atoms with Crippen LogP contribution in [0.4, 0.5) is 0 Å². The minimum Gasteiger partial charge on any atom is -0.496 e. The van der Waals surface area contributed by atoms with Gasteiger partial charge in [-0.1, -0.05) is 18.2 Å². The zero-order valence-corrected chi connectivity index (χ0v) is 19.1. The third-order valence-electron chi connectivity index (χ3n) is 5.35. The highest BCUT2D eigenvalue weighted by atomic mass is 32.2. The second-order valence-electron chi connectivity index (χ2n) is 7.55. The molecule has 172 valence electrons. The van der Waals surface area contributed by atoms with Crippen molar-refractivity contribution < 1.29 is 35.8 Å². The molecule has 9 nitrogen and oxygen atoms in total. The minimum atomic E-state index is -4.45. The van der Waals surface area contributed by atoms with E-state index in [1.54, 1.807) is 24.3 Å². The molecule has 1 heterocycles. The molecule has 11 heteroatoms. The van der Waals surface area contributed by atoms with Crippen molar-refractivity contribution in [3.05, 3.63) is 77.4 Å². The summed E-state index contributed by atoms with van der Waals surface area (Å²) in [6.07, 6.45) is 3.03. The quantitative estimate of drug-likeness (QED) is 0.463. The number of aliphatic imine (C=N–C) groups is 1. The summed E-state index contributed by atoms with van der Waals surface area (Å²) < 4.78 is 69.8. The molecule has 33 heavy (non-hydrogen) atoms. The second kappa shape index (κ2) is 7.75. The van der Waals surface area contributed by atoms with Gasteiger partial charge in [0, 0.05) is 17.2 Å². The van der Waals surface area contributed by atoms with Crippen LogP contribution in [0.5, 0.6) is 5.75 Å². The maximum Gasteiger partial charge on any atom is 0.294 e. The fraction of sp³-hybridized carbons (Fsp3) is 0.136. The van der Waals surface area contributed by atoms with E-state index in [2.05, 4.69) is 4.99 Å². The van der Waals surface area contributed by atoms with Crippen molar-refractivity contribution in [1.29, 1.82) is 0 Å². The van der Waals surface area contributed by atoms with E-state index in [9.17, 15) is 31.0 Å². The zero-order valence-electron chi connectivity index (χ0n) is 17.4. The number of allylic oxidation sites excluding steroid dienone is 1. The van der Waals surface area contributed by atoms with Crippen molar-refractivity contribution in [2.24, 2.45) is 4.99 Å². The van der Waals surface area contributed by atoms with Gasteiger partial charge in [-0.2, -0.15) is 16.8 Å². The van der Waals surface area contributed by atoms with Crippen LogP contribution in [0.1, 0.15) is 16.7 Å². The maximum atomic E-state index is 11.6. The molecule has 1 atom stereocenters. The Bertz CT molecular complexity index is 1570. The Balaban J connectivity index is 1.77. The van der Waals surface area contributed by atoms with Crippen molar-refractivity contribution in [2.45, 2.75) is 22.4 Å². The smallest absolute Gasteiger partial charge is 0.294 e. The summed E-state index contributed by atoms with van der Waals surface area (Å²) >= 11 is 0. The van der Waals surface area contributed by atoms with Crippen LogP contribution in [0.3, 0.4) is 0 Å². The average Bonchev–Trinajstić information content (AvgIpc) is 3.14. The van der Waals surface area contributed by atoms with Gasteiger partial charge in [0.25, 0.3) is 20.2 Å². The Hall–Kier alpha value is -3.09. The monoisotopic (exact) mass is 489 g/mol. The number of hydrogen-bond acceptors (Lipinski definition) is 7. The predicted molar refractivity (Wildman–Crippen MR) is 121 cm³/mol. The van der Waals surface area contributed by atoms with E-state index in [1.807, 2.05) is 0 Å². The summed E-state index contributed by atoms with van der Waals surface area (Å²) in [6, 6.07) is 11.6. The van der Waals surface area contributed by atoms with Gasteiger partial charge in [-0.05, 0) is 59.7 Å². The fourth-order valence-corrected chi connectivity index (χ4v) is 4.93. The Morgan fingerprint density at radius 3 is 2.21 bits per heavy atom. The molecule has 0 spiro atoms. The molecule has 0 fully saturated rings. The minimum absolute atomic E-state index is 0.150. The second-order valence-corrected chi connectivity index (χ2v) is 10.4. The van der Waals surface area contributed by atoms with Gasteiger partial charge >= 0.3 is 0 Å². The fourth-order valence-electron chi connectivity index (χ4n) is 3.69. The topological polar surface area (TPSA) is 151 Å². The zero-order chi connectivity index (χ0) is 24.2. The van der Waals surface area contributed by atoms with Crippen LogP contribution in [0.2, 0.25) is 0 Å². The van der Waals surface area contributed by atoms with E-state index in [4.69, 9.17) is 4.74 Å². The molecular weight excluding hydrogens is 470 g/mol. The van der Waals surface area contributed by atoms with Crippen LogP contribution in [0, 0.1) is 6.92 Å². The molecular formula is C22H19NO8S2. The normalized spacial score (nSPS) is 18.5. The summed E-state index contributed by atoms with van der Waals surface area (Å²) in [7, 11) is -7.44. The van der Waals surface area contributed by atoms with Crippen molar-refractivity contribution >= 4 is 36.7 Å². The number of aryl methyl sites for hydroxylation is 1. The van der Waals surface area contributed by atoms with Gasteiger partial charge in [0.1, 0.15) is 10.6 Å². The van der Waals surface area contributed by atoms with Crippen molar-refractivity contribution in [3.8, 4) is 5.75 Å². The molecule has 0 saturated heterocycles. The van der Waals surface area contributed by atoms with Gasteiger partial charge in [0.15, 0.2) is 0 Å². The molecule has 1 aliphatic heterocycles. The molecule has 0 amide bonds. The van der Waals surface area contributed by atoms with E-state index < -0.39 is 26.0 Å². The largest absolute Gasteiger partial charge is 0.496 e. The maximum absolute atomic E-state index is 11.6. The molecule has 0 aromatic heterocycles. The summed E-state index contributed by atoms with van der Waals surface area (Å²) in [5.41, 5.74) is -0.285. The summed E-state index contributed by atoms with van der Waals surface area (Å²) in [5.74, 6) is 0.150. The van der Waals surface area contributed by atoms with Crippen molar-refractivity contribution in [2.75, 3.05) is 7.11 Å². The van der Waals surface area contributed by atoms with Gasteiger partial charge < -0.3 is 9.84 Å². The molecule has 3 aromatic carbocycles. The Kier molecular flexibility index (Phi) is 5.42. The highest BCUT2D eigenvalue weighted by Crippen LogP contribution is 2.35. The van der Waals surface area contributed by atoms with Crippen LogP contribution < -0.4 is 4.74 Å². The van der Waals surface area contributed by atoms with Gasteiger partial charge in [0.05, 0.1) is 17.7 Å². The van der Waals surface area contributed by atoms with E-state index >= 15 is 0 Å². The number of hydrogen-bond donors (Lipinski definition) is 3. The molecule has 3 N–H and O–H groups in total. The van der Waals surface area contributed by atoms with Gasteiger partial charge in [-0.3, -0.25) is 9.11 Å². The number of benzene rings is 3. The number of methoxy groups -OCH3 is 1. The standard InChI is InChI=1S/C22H19NO8S2/c1-13-9-18(20(31-2)12-21(13)33(28,29)30)19-7-8-22(24,23-19)16-5-3-15-11-17(32(25,26)27)6-4-14(15)10-16/h3-12,24H,1-2H3,(H,25,26,27)(H,28,29,30). The van der Waals surface area contributed by atoms with Crippen LogP contribution in [-0.4, -0.2) is 43.9 Å². The Labute approximate surface area is 190 Å². The lowest BCUT2D eigenvalue weighted by molar-refractivity contribution is 0.103. The molecule has 0 aliphatic carbocycles. The molecule has 1 unspecified atom stereocenters. The van der Waals surface area contributed by atoms with Gasteiger partial charge in [-0.15, -0.1) is 0 Å². The first kappa shape index (κ1) is 23.1. The van der Waals surface area contributed by atoms with E-state index in [1.165, 1.54) is 50.4 Å². The lowest BCUT2D eigenvalue weighted by Crippen LogP contribution is -2.18. The van der Waals surface area contributed by atoms with Crippen LogP contribution in [0.15, 0.2) is 75.5 Å². The van der Waals surface area contributed by atoms with Crippen LogP contribution in [0.25, 0.3) is 10.8 Å². The Morgan fingerprint density at radius 2 is 1.58 bits per heavy atom. The van der Waals surface area contributed by atoms with Gasteiger partial charge in [0.2, 0.25) is 5.72 Å². The number of aliphatic hydroxyl groups is 1. The highest BCUT2D eigenvalue weighted by molar-refractivity contribution is 7.86. The third kappa shape index (κ3) is 4.28. The molecule has 4 rings (SSSR count). The highest BCUT2D eigenvalue weighted by Gasteiger charge is 2.31. The van der Waals surface area contributed by atoms with Crippen LogP contribution in [-0.2, 0) is 26.0 Å². The SMILES string of the molecule is COc1cc(S(=O)(=O)O)c(C)cc1C1=NC(O)(c2ccc3cc(S(=O)(=O)O)ccc3c2)C=C1. The number of ether oxygens (including phenoxy) is 1. The predicted octanol–water partition coefficient (Wildman–Crippen LogP) is 2.85. The van der Waals surface area contributed by atoms with Crippen LogP contribution >= 0.6 is 0 Å². The van der Waals surface area contributed by atoms with E-state index in [-0.39, 0.29) is 21.1 Å². The molecule has 0 saturated carbocycles. The first-order valence-electron chi connectivity index (χ1n) is 9.51. The molecule has 1 aliphatic rings. The van der Waals surface area contributed by atoms with Crippen molar-refractivity contribution in [3.63, 3.8) is 0 Å². The first-order chi connectivity index (χ1) is 15.3. The van der Waals surface area contributed by atoms with Gasteiger partial charge in [-0.25, -0.2) is 4.99 Å². The molecule has 0 radical (unpaired) electrons.